The molecule has 0 fully saturated rings. The Balaban J connectivity index is 2.75. The normalized spacial score (nSPS) is 13.8. The minimum Gasteiger partial charge on any atom is -0.469 e. The third-order valence-electron chi connectivity index (χ3n) is 3.29. The molecule has 1 N–H and O–H groups in total. The molecule has 0 heterocycles. The van der Waals surface area contributed by atoms with E-state index in [0.29, 0.717) is 12.8 Å². The van der Waals surface area contributed by atoms with Crippen LogP contribution in [-0.4, -0.2) is 30.8 Å². The highest BCUT2D eigenvalue weighted by atomic mass is 16.6. The summed E-state index contributed by atoms with van der Waals surface area (Å²) in [5.74, 6) is -0.585. The Morgan fingerprint density at radius 1 is 1.17 bits per heavy atom. The van der Waals surface area contributed by atoms with Crippen LogP contribution >= 0.6 is 0 Å². The van der Waals surface area contributed by atoms with Crippen molar-refractivity contribution in [1.29, 1.82) is 0 Å². The van der Waals surface area contributed by atoms with Crippen LogP contribution in [0.25, 0.3) is 0 Å². The van der Waals surface area contributed by atoms with Gasteiger partial charge in [-0.05, 0) is 39.2 Å². The van der Waals surface area contributed by atoms with Crippen LogP contribution in [0.1, 0.15) is 39.7 Å². The zero-order chi connectivity index (χ0) is 17.5. The Hall–Kier alpha value is -2.04. The molecule has 0 aliphatic heterocycles. The van der Waals surface area contributed by atoms with Gasteiger partial charge in [0.15, 0.2) is 0 Å². The van der Waals surface area contributed by atoms with Gasteiger partial charge in [0.1, 0.15) is 5.60 Å². The predicted octanol–water partition coefficient (Wildman–Crippen LogP) is 3.32. The van der Waals surface area contributed by atoms with Gasteiger partial charge in [0.2, 0.25) is 0 Å². The van der Waals surface area contributed by atoms with Crippen molar-refractivity contribution in [2.75, 3.05) is 7.11 Å². The minimum absolute atomic E-state index is 0.207. The fourth-order valence-electron chi connectivity index (χ4n) is 2.29. The summed E-state index contributed by atoms with van der Waals surface area (Å²) in [5.41, 5.74) is 0.528. The molecule has 5 heteroatoms. The van der Waals surface area contributed by atoms with E-state index in [2.05, 4.69) is 5.32 Å². The van der Waals surface area contributed by atoms with Gasteiger partial charge < -0.3 is 14.8 Å². The van der Waals surface area contributed by atoms with E-state index in [4.69, 9.17) is 9.47 Å². The number of rotatable bonds is 6. The first-order valence-electron chi connectivity index (χ1n) is 7.82. The van der Waals surface area contributed by atoms with Gasteiger partial charge in [-0.2, -0.15) is 0 Å². The number of carbonyl (C=O) groups is 2. The number of esters is 1. The minimum atomic E-state index is -0.560. The second-order valence-electron chi connectivity index (χ2n) is 6.69. The molecule has 0 unspecified atom stereocenters. The molecular weight excluding hydrogens is 294 g/mol. The number of ether oxygens (including phenoxy) is 2. The Morgan fingerprint density at radius 3 is 2.30 bits per heavy atom. The summed E-state index contributed by atoms with van der Waals surface area (Å²) in [6, 6.07) is 9.62. The van der Waals surface area contributed by atoms with Gasteiger partial charge in [-0.25, -0.2) is 4.79 Å². The molecule has 0 saturated carbocycles. The van der Waals surface area contributed by atoms with Crippen LogP contribution in [0, 0.1) is 5.92 Å². The first-order valence-corrected chi connectivity index (χ1v) is 7.82. The largest absolute Gasteiger partial charge is 0.469 e. The molecule has 0 radical (unpaired) electrons. The molecule has 1 aromatic rings. The number of benzene rings is 1. The second-order valence-corrected chi connectivity index (χ2v) is 6.69. The summed E-state index contributed by atoms with van der Waals surface area (Å²) in [4.78, 5) is 23.7. The Bertz CT molecular complexity index is 508. The molecule has 1 amide bonds. The van der Waals surface area contributed by atoms with Crippen molar-refractivity contribution in [3.05, 3.63) is 35.9 Å². The number of hydrogen-bond acceptors (Lipinski definition) is 4. The first-order chi connectivity index (χ1) is 10.7. The molecule has 0 spiro atoms. The Labute approximate surface area is 138 Å². The predicted molar refractivity (Wildman–Crippen MR) is 89.1 cm³/mol. The summed E-state index contributed by atoms with van der Waals surface area (Å²) >= 11 is 0. The van der Waals surface area contributed by atoms with E-state index in [-0.39, 0.29) is 17.9 Å². The lowest BCUT2D eigenvalue weighted by Gasteiger charge is -2.25. The summed E-state index contributed by atoms with van der Waals surface area (Å²) in [6.45, 7) is 7.24. The molecule has 1 rings (SSSR count). The average Bonchev–Trinajstić information content (AvgIpc) is 2.45. The van der Waals surface area contributed by atoms with E-state index in [1.54, 1.807) is 6.92 Å². The van der Waals surface area contributed by atoms with E-state index < -0.39 is 11.7 Å². The molecule has 23 heavy (non-hydrogen) atoms. The molecule has 0 bridgehead atoms. The van der Waals surface area contributed by atoms with Gasteiger partial charge in [-0.3, -0.25) is 4.79 Å². The van der Waals surface area contributed by atoms with Crippen LogP contribution in [0.15, 0.2) is 30.3 Å². The number of methoxy groups -OCH3 is 1. The van der Waals surface area contributed by atoms with Crippen LogP contribution in [0.3, 0.4) is 0 Å². The molecule has 128 valence electrons. The zero-order valence-electron chi connectivity index (χ0n) is 14.6. The van der Waals surface area contributed by atoms with Crippen LogP contribution in [-0.2, 0) is 20.7 Å². The molecule has 0 aliphatic carbocycles. The highest BCUT2D eigenvalue weighted by Crippen LogP contribution is 2.14. The molecule has 5 nitrogen and oxygen atoms in total. The molecule has 0 saturated heterocycles. The van der Waals surface area contributed by atoms with E-state index in [0.717, 1.165) is 5.56 Å². The third-order valence-corrected chi connectivity index (χ3v) is 3.29. The van der Waals surface area contributed by atoms with Crippen molar-refractivity contribution in [3.8, 4) is 0 Å². The maximum Gasteiger partial charge on any atom is 0.407 e. The Kier molecular flexibility index (Phi) is 7.07. The van der Waals surface area contributed by atoms with Crippen LogP contribution in [0.2, 0.25) is 0 Å². The van der Waals surface area contributed by atoms with Crippen LogP contribution in [0.5, 0.6) is 0 Å². The lowest BCUT2D eigenvalue weighted by Crippen LogP contribution is -2.41. The zero-order valence-corrected chi connectivity index (χ0v) is 14.6. The van der Waals surface area contributed by atoms with E-state index >= 15 is 0 Å². The monoisotopic (exact) mass is 321 g/mol. The van der Waals surface area contributed by atoms with Crippen LogP contribution in [0.4, 0.5) is 4.79 Å². The number of nitrogens with one attached hydrogen (secondary N) is 1. The van der Waals surface area contributed by atoms with Crippen molar-refractivity contribution in [3.63, 3.8) is 0 Å². The summed E-state index contributed by atoms with van der Waals surface area (Å²) < 4.78 is 10.1. The highest BCUT2D eigenvalue weighted by molar-refractivity contribution is 5.72. The lowest BCUT2D eigenvalue weighted by molar-refractivity contribution is -0.145. The fraction of sp³-hybridized carbons (Fsp3) is 0.556. The second kappa shape index (κ2) is 8.56. The summed E-state index contributed by atoms with van der Waals surface area (Å²) in [7, 11) is 1.37. The number of amides is 1. The van der Waals surface area contributed by atoms with Crippen molar-refractivity contribution >= 4 is 12.1 Å². The number of alkyl carbamates (subject to hydrolysis) is 1. The molecule has 0 aromatic heterocycles. The van der Waals surface area contributed by atoms with Gasteiger partial charge >= 0.3 is 12.1 Å². The highest BCUT2D eigenvalue weighted by Gasteiger charge is 2.24. The summed E-state index contributed by atoms with van der Waals surface area (Å²) in [5, 5.41) is 2.86. The SMILES string of the molecule is COC(=O)[C@@H](C)C[C@H](Cc1ccccc1)NC(=O)OC(C)(C)C. The van der Waals surface area contributed by atoms with E-state index in [1.165, 1.54) is 7.11 Å². The number of carbonyl (C=O) groups excluding carboxylic acids is 2. The quantitative estimate of drug-likeness (QED) is 0.816. The van der Waals surface area contributed by atoms with Gasteiger partial charge in [-0.15, -0.1) is 0 Å². The van der Waals surface area contributed by atoms with Gasteiger partial charge in [0, 0.05) is 6.04 Å². The molecule has 0 aliphatic rings. The topological polar surface area (TPSA) is 64.6 Å². The molecule has 1 aromatic carbocycles. The van der Waals surface area contributed by atoms with Crippen molar-refractivity contribution in [2.24, 2.45) is 5.92 Å². The van der Waals surface area contributed by atoms with Crippen molar-refractivity contribution in [2.45, 2.75) is 52.2 Å². The number of hydrogen-bond donors (Lipinski definition) is 1. The maximum absolute atomic E-state index is 12.0. The fourth-order valence-corrected chi connectivity index (χ4v) is 2.29. The van der Waals surface area contributed by atoms with Crippen LogP contribution < -0.4 is 5.32 Å². The van der Waals surface area contributed by atoms with Crippen molar-refractivity contribution in [1.82, 2.24) is 5.32 Å². The standard InChI is InChI=1S/C18H27NO4/c1-13(16(20)22-5)11-15(12-14-9-7-6-8-10-14)19-17(21)23-18(2,3)4/h6-10,13,15H,11-12H2,1-5H3,(H,19,21)/t13-,15+/m0/s1. The first kappa shape index (κ1) is 19.0. The van der Waals surface area contributed by atoms with Gasteiger partial charge in [0.25, 0.3) is 0 Å². The third kappa shape index (κ3) is 7.68. The smallest absolute Gasteiger partial charge is 0.407 e. The van der Waals surface area contributed by atoms with Gasteiger partial charge in [-0.1, -0.05) is 37.3 Å². The van der Waals surface area contributed by atoms with E-state index in [9.17, 15) is 9.59 Å². The molecule has 2 atom stereocenters. The molecular formula is C18H27NO4. The van der Waals surface area contributed by atoms with Gasteiger partial charge in [0.05, 0.1) is 13.0 Å². The van der Waals surface area contributed by atoms with E-state index in [1.807, 2.05) is 51.1 Å². The summed E-state index contributed by atoms with van der Waals surface area (Å²) in [6.07, 6.45) is 0.637. The Morgan fingerprint density at radius 2 is 1.78 bits per heavy atom. The van der Waals surface area contributed by atoms with Crippen molar-refractivity contribution < 1.29 is 19.1 Å². The average molecular weight is 321 g/mol. The lowest BCUT2D eigenvalue weighted by atomic mass is 9.96. The maximum atomic E-state index is 12.0.